The average molecular weight is 632 g/mol. The van der Waals surface area contributed by atoms with E-state index in [-0.39, 0.29) is 11.8 Å². The molecule has 1 saturated heterocycles. The minimum absolute atomic E-state index is 0.251. The molecule has 1 aliphatic rings. The van der Waals surface area contributed by atoms with E-state index in [2.05, 4.69) is 31.8 Å². The van der Waals surface area contributed by atoms with Crippen molar-refractivity contribution < 1.29 is 9.53 Å². The monoisotopic (exact) mass is 630 g/mol. The third-order valence-electron chi connectivity index (χ3n) is 7.37. The lowest BCUT2D eigenvalue weighted by Gasteiger charge is -2.31. The summed E-state index contributed by atoms with van der Waals surface area (Å²) in [5, 5.41) is 4.19. The summed E-state index contributed by atoms with van der Waals surface area (Å²) in [7, 11) is 1.89. The molecule has 1 fully saturated rings. The van der Waals surface area contributed by atoms with Crippen LogP contribution in [0.3, 0.4) is 0 Å². The molecule has 2 heterocycles. The van der Waals surface area contributed by atoms with E-state index in [0.717, 1.165) is 63.2 Å². The van der Waals surface area contributed by atoms with Gasteiger partial charge in [0.15, 0.2) is 5.76 Å². The highest BCUT2D eigenvalue weighted by molar-refractivity contribution is 6.35. The third kappa shape index (κ3) is 12.0. The van der Waals surface area contributed by atoms with E-state index in [1.54, 1.807) is 12.3 Å². The molecule has 1 unspecified atom stereocenters. The van der Waals surface area contributed by atoms with Crippen LogP contribution in [0.15, 0.2) is 52.3 Å². The molecule has 0 bridgehead atoms. The summed E-state index contributed by atoms with van der Waals surface area (Å²) in [4.78, 5) is 29.4. The zero-order chi connectivity index (χ0) is 31.2. The molecule has 1 aliphatic heterocycles. The molecular weight excluding hydrogens is 587 g/mol. The van der Waals surface area contributed by atoms with Gasteiger partial charge in [-0.05, 0) is 82.0 Å². The molecule has 0 spiro atoms. The largest absolute Gasteiger partial charge is 0.436 e. The number of nitrogens with zero attached hydrogens (tertiary/aromatic N) is 5. The normalized spacial score (nSPS) is 15.7. The van der Waals surface area contributed by atoms with Crippen LogP contribution in [0.1, 0.15) is 25.3 Å². The first kappa shape index (κ1) is 34.6. The van der Waals surface area contributed by atoms with E-state index in [0.29, 0.717) is 52.9 Å². The molecule has 12 heteroatoms. The molecule has 0 saturated carbocycles. The zero-order valence-corrected chi connectivity index (χ0v) is 26.7. The molecule has 234 valence electrons. The van der Waals surface area contributed by atoms with Gasteiger partial charge >= 0.3 is 0 Å². The van der Waals surface area contributed by atoms with Gasteiger partial charge < -0.3 is 21.5 Å². The van der Waals surface area contributed by atoms with Crippen molar-refractivity contribution in [2.75, 3.05) is 59.4 Å². The Bertz CT molecular complexity index is 1240. The highest BCUT2D eigenvalue weighted by atomic mass is 35.5. The van der Waals surface area contributed by atoms with E-state index < -0.39 is 0 Å². The van der Waals surface area contributed by atoms with Crippen LogP contribution in [0.4, 0.5) is 0 Å². The minimum Gasteiger partial charge on any atom is -0.436 e. The van der Waals surface area contributed by atoms with Crippen LogP contribution in [0.5, 0.6) is 5.88 Å². The van der Waals surface area contributed by atoms with E-state index in [1.807, 2.05) is 38.2 Å². The second-order valence-corrected chi connectivity index (χ2v) is 11.7. The van der Waals surface area contributed by atoms with E-state index >= 15 is 0 Å². The fraction of sp³-hybridized carbons (Fsp3) is 0.484. The maximum atomic E-state index is 11.6. The Morgan fingerprint density at radius 1 is 1.23 bits per heavy atom. The number of nitrogens with one attached hydrogen (secondary N) is 1. The van der Waals surface area contributed by atoms with Crippen molar-refractivity contribution in [3.05, 3.63) is 57.9 Å². The van der Waals surface area contributed by atoms with E-state index in [9.17, 15) is 4.79 Å². The van der Waals surface area contributed by atoms with Crippen molar-refractivity contribution in [1.29, 1.82) is 0 Å². The number of piperidine rings is 1. The van der Waals surface area contributed by atoms with Crippen molar-refractivity contribution in [2.24, 2.45) is 33.3 Å². The van der Waals surface area contributed by atoms with Gasteiger partial charge in [-0.15, -0.1) is 0 Å². The van der Waals surface area contributed by atoms with Crippen molar-refractivity contribution >= 4 is 42.0 Å². The van der Waals surface area contributed by atoms with Crippen LogP contribution in [-0.4, -0.2) is 93.0 Å². The highest BCUT2D eigenvalue weighted by Crippen LogP contribution is 2.29. The summed E-state index contributed by atoms with van der Waals surface area (Å²) < 4.78 is 6.19. The summed E-state index contributed by atoms with van der Waals surface area (Å²) in [5.41, 5.74) is 13.9. The number of aromatic nitrogens is 1. The first-order valence-corrected chi connectivity index (χ1v) is 15.4. The number of carbonyl (C=O) groups excluding carboxylic acids is 1. The Labute approximate surface area is 265 Å². The topological polar surface area (TPSA) is 134 Å². The lowest BCUT2D eigenvalue weighted by atomic mass is 9.97. The van der Waals surface area contributed by atoms with Gasteiger partial charge in [0, 0.05) is 60.3 Å². The maximum Gasteiger partial charge on any atom is 0.221 e. The van der Waals surface area contributed by atoms with Crippen molar-refractivity contribution in [1.82, 2.24) is 20.1 Å². The number of aliphatic imine (C=N–C) groups is 2. The summed E-state index contributed by atoms with van der Waals surface area (Å²) >= 11 is 12.6. The molecule has 2 aromatic rings. The van der Waals surface area contributed by atoms with Crippen molar-refractivity contribution in [3.63, 3.8) is 0 Å². The number of halogens is 2. The Kier molecular flexibility index (Phi) is 14.5. The van der Waals surface area contributed by atoms with Crippen LogP contribution >= 0.6 is 23.2 Å². The number of likely N-dealkylation sites (N-methyl/N-ethyl adjacent to an activating group) is 1. The number of benzene rings is 1. The Hall–Kier alpha value is -2.86. The predicted molar refractivity (Wildman–Crippen MR) is 177 cm³/mol. The molecule has 1 aromatic carbocycles. The van der Waals surface area contributed by atoms with Gasteiger partial charge in [-0.2, -0.15) is 0 Å². The quantitative estimate of drug-likeness (QED) is 0.178. The van der Waals surface area contributed by atoms with Gasteiger partial charge in [-0.3, -0.25) is 24.6 Å². The van der Waals surface area contributed by atoms with Gasteiger partial charge in [0.25, 0.3) is 0 Å². The molecule has 1 atom stereocenters. The van der Waals surface area contributed by atoms with Crippen LogP contribution < -0.4 is 21.5 Å². The SMILES string of the molecule is C=N/C=C(\C=NCCN(CCNC)CC(C)C(N)=O)Oc1cc(CN2CCC(CN)CC2)cc(-c2cc(Cl)cc(Cl)c2)n1. The first-order valence-electron chi connectivity index (χ1n) is 14.6. The number of amides is 1. The number of ether oxygens (including phenoxy) is 1. The number of primary amides is 1. The highest BCUT2D eigenvalue weighted by Gasteiger charge is 2.19. The fourth-order valence-electron chi connectivity index (χ4n) is 4.88. The van der Waals surface area contributed by atoms with Crippen LogP contribution in [0.25, 0.3) is 11.3 Å². The number of carbonyl (C=O) groups is 1. The number of hydrogen-bond donors (Lipinski definition) is 3. The second-order valence-electron chi connectivity index (χ2n) is 10.9. The summed E-state index contributed by atoms with van der Waals surface area (Å²) in [6.45, 7) is 12.1. The van der Waals surface area contributed by atoms with E-state index in [1.165, 1.54) is 6.20 Å². The van der Waals surface area contributed by atoms with Gasteiger partial charge in [0.2, 0.25) is 11.8 Å². The van der Waals surface area contributed by atoms with Gasteiger partial charge in [-0.1, -0.05) is 30.1 Å². The Balaban J connectivity index is 1.78. The van der Waals surface area contributed by atoms with Crippen molar-refractivity contribution in [2.45, 2.75) is 26.3 Å². The molecule has 1 amide bonds. The van der Waals surface area contributed by atoms with Gasteiger partial charge in [0.05, 0.1) is 24.7 Å². The van der Waals surface area contributed by atoms with Crippen LogP contribution in [0.2, 0.25) is 10.0 Å². The lowest BCUT2D eigenvalue weighted by Crippen LogP contribution is -2.39. The van der Waals surface area contributed by atoms with Crippen molar-refractivity contribution in [3.8, 4) is 17.1 Å². The summed E-state index contributed by atoms with van der Waals surface area (Å²) in [5.74, 6) is 0.803. The first-order chi connectivity index (χ1) is 20.7. The molecule has 43 heavy (non-hydrogen) atoms. The smallest absolute Gasteiger partial charge is 0.221 e. The number of nitrogens with two attached hydrogens (primary N) is 2. The zero-order valence-electron chi connectivity index (χ0n) is 25.1. The number of allylic oxidation sites excluding steroid dienone is 1. The average Bonchev–Trinajstić information content (AvgIpc) is 2.97. The summed E-state index contributed by atoms with van der Waals surface area (Å²) in [6.07, 6.45) is 5.29. The molecule has 0 radical (unpaired) electrons. The molecule has 1 aromatic heterocycles. The number of pyridine rings is 1. The number of hydrogen-bond acceptors (Lipinski definition) is 9. The summed E-state index contributed by atoms with van der Waals surface area (Å²) in [6, 6.07) is 9.33. The van der Waals surface area contributed by atoms with Gasteiger partial charge in [0.1, 0.15) is 0 Å². The molecule has 10 nitrogen and oxygen atoms in total. The predicted octanol–water partition coefficient (Wildman–Crippen LogP) is 3.86. The van der Waals surface area contributed by atoms with E-state index in [4.69, 9.17) is 44.4 Å². The minimum atomic E-state index is -0.317. The maximum absolute atomic E-state index is 11.6. The van der Waals surface area contributed by atoms with Gasteiger partial charge in [-0.25, -0.2) is 4.98 Å². The lowest BCUT2D eigenvalue weighted by molar-refractivity contribution is -0.121. The number of likely N-dealkylation sites (tertiary alicyclic amines) is 1. The third-order valence-corrected chi connectivity index (χ3v) is 7.80. The Morgan fingerprint density at radius 3 is 2.58 bits per heavy atom. The fourth-order valence-corrected chi connectivity index (χ4v) is 5.41. The molecule has 3 rings (SSSR count). The molecule has 0 aliphatic carbocycles. The standard InChI is InChI=1S/C31H44Cl2N8O2/c1-22(31(35)42)20-41(10-6-36-2)11-7-38-19-28(18-37-3)43-30-13-24(21-40-8-4-23(17-34)5-9-40)12-29(39-30)25-14-26(32)16-27(33)15-25/h12-16,18-19,22-23,36H,3-11,17,20-21,34H2,1-2H3,(H2,35,42)/b28-18+,38-19?. The number of rotatable bonds is 17. The molecule has 5 N–H and O–H groups in total. The second kappa shape index (κ2) is 18.1. The Morgan fingerprint density at radius 2 is 1.95 bits per heavy atom. The van der Waals surface area contributed by atoms with Crippen LogP contribution in [-0.2, 0) is 11.3 Å². The van der Waals surface area contributed by atoms with Crippen LogP contribution in [0, 0.1) is 11.8 Å². The molecular formula is C31H44Cl2N8O2.